The largest absolute Gasteiger partial charge is 0.0622 e. The molecule has 0 aromatic heterocycles. The molecule has 4 rings (SSSR count). The number of aliphatic hydroxyl groups excluding tert-OH is 1. The number of rotatable bonds is 4. The first-order valence-electron chi connectivity index (χ1n) is 10.5. The van der Waals surface area contributed by atoms with Crippen LogP contribution in [0, 0.1) is 45.6 Å². The maximum absolute atomic E-state index is 9.09. The van der Waals surface area contributed by atoms with Crippen molar-refractivity contribution < 1.29 is 61.9 Å². The van der Waals surface area contributed by atoms with Gasteiger partial charge in [-0.2, -0.15) is 0 Å². The summed E-state index contributed by atoms with van der Waals surface area (Å²) in [7, 11) is -0.446. The van der Waals surface area contributed by atoms with Crippen molar-refractivity contribution in [2.45, 2.75) is 6.10 Å². The SMILES string of the molecule is C#CC(O)c1ccccc1.[C-]#[O+].[C-]#[O+].[C-]#[O+].[C-]#[O+].[C-]#[O+].[Co].[Co].c1ccc(P(c2ccccc2)c2ccccc2)cc1. The third kappa shape index (κ3) is 20.1. The van der Waals surface area contributed by atoms with Crippen LogP contribution in [0.2, 0.25) is 0 Å². The predicted molar refractivity (Wildman–Crippen MR) is 145 cm³/mol. The van der Waals surface area contributed by atoms with Gasteiger partial charge in [0.1, 0.15) is 6.10 Å². The van der Waals surface area contributed by atoms with Crippen LogP contribution in [-0.2, 0) is 56.8 Å². The molecule has 0 aliphatic rings. The summed E-state index contributed by atoms with van der Waals surface area (Å²) in [4.78, 5) is 0. The number of aliphatic hydroxyl groups is 1. The average molecular weight is 652 g/mol. The summed E-state index contributed by atoms with van der Waals surface area (Å²) in [5.41, 5.74) is 0.769. The molecular weight excluding hydrogens is 629 g/mol. The van der Waals surface area contributed by atoms with E-state index in [9.17, 15) is 0 Å². The fraction of sp³-hybridized carbons (Fsp3) is 0.0312. The van der Waals surface area contributed by atoms with Crippen LogP contribution in [0.3, 0.4) is 0 Å². The minimum Gasteiger partial charge on any atom is -0.0622 e. The number of hydrogen-bond donors (Lipinski definition) is 1. The van der Waals surface area contributed by atoms with Gasteiger partial charge in [-0.3, -0.25) is 0 Å². The van der Waals surface area contributed by atoms with Crippen LogP contribution in [0.15, 0.2) is 121 Å². The average Bonchev–Trinajstić information content (AvgIpc) is 3.08. The Bertz CT molecular complexity index is 1130. The van der Waals surface area contributed by atoms with Gasteiger partial charge >= 0.3 is 56.5 Å². The minimum absolute atomic E-state index is 0. The van der Waals surface area contributed by atoms with Gasteiger partial charge in [-0.1, -0.05) is 127 Å². The van der Waals surface area contributed by atoms with Crippen LogP contribution in [0.4, 0.5) is 0 Å². The van der Waals surface area contributed by atoms with E-state index in [1.165, 1.54) is 15.9 Å². The summed E-state index contributed by atoms with van der Waals surface area (Å²) >= 11 is 0. The van der Waals surface area contributed by atoms with Crippen molar-refractivity contribution in [3.05, 3.63) is 160 Å². The Morgan fingerprint density at radius 3 is 0.927 bits per heavy atom. The Morgan fingerprint density at radius 1 is 0.488 bits per heavy atom. The van der Waals surface area contributed by atoms with E-state index in [2.05, 4.69) is 130 Å². The standard InChI is InChI=1S/C18H15P.C9H8O.5CO.2Co/c1-4-10-16(11-5-1)19(17-12-6-2-7-13-17)18-14-8-3-9-15-18;1-2-9(10)8-6-4-3-5-7-8;5*1-2;;/h1-15H;1,3-7,9-10H;;;;;;;. The molecule has 4 aromatic carbocycles. The second-order valence-corrected chi connectivity index (χ2v) is 8.54. The zero-order valence-corrected chi connectivity index (χ0v) is 24.3. The molecule has 6 nitrogen and oxygen atoms in total. The molecule has 4 aromatic rings. The molecule has 0 aliphatic carbocycles. The van der Waals surface area contributed by atoms with E-state index in [-0.39, 0.29) is 33.6 Å². The molecule has 1 atom stereocenters. The molecule has 0 aliphatic heterocycles. The summed E-state index contributed by atoms with van der Waals surface area (Å²) in [5.74, 6) is 2.24. The molecule has 210 valence electrons. The van der Waals surface area contributed by atoms with Crippen LogP contribution in [0.5, 0.6) is 0 Å². The fourth-order valence-corrected chi connectivity index (χ4v) is 5.22. The van der Waals surface area contributed by atoms with Crippen molar-refractivity contribution in [2.75, 3.05) is 0 Å². The van der Waals surface area contributed by atoms with E-state index in [1.807, 2.05) is 18.2 Å². The summed E-state index contributed by atoms with van der Waals surface area (Å²) in [5, 5.41) is 13.3. The van der Waals surface area contributed by atoms with Gasteiger partial charge in [-0.05, 0) is 29.4 Å². The maximum Gasteiger partial charge on any atom is 0 e. The van der Waals surface area contributed by atoms with E-state index in [4.69, 9.17) is 34.8 Å². The summed E-state index contributed by atoms with van der Waals surface area (Å²) in [6.45, 7) is 22.5. The number of terminal acetylenes is 1. The topological polar surface area (TPSA) is 120 Å². The molecule has 41 heavy (non-hydrogen) atoms. The zero-order chi connectivity index (χ0) is 30.3. The first kappa shape index (κ1) is 47.3. The van der Waals surface area contributed by atoms with Crippen molar-refractivity contribution in [1.29, 1.82) is 0 Å². The first-order chi connectivity index (χ1) is 19.3. The van der Waals surface area contributed by atoms with Crippen LogP contribution < -0.4 is 15.9 Å². The van der Waals surface area contributed by atoms with Gasteiger partial charge < -0.3 is 5.11 Å². The molecule has 2 radical (unpaired) electrons. The predicted octanol–water partition coefficient (Wildman–Crippen LogP) is 4.61. The van der Waals surface area contributed by atoms with Gasteiger partial charge in [0.2, 0.25) is 0 Å². The molecule has 0 fully saturated rings. The number of benzene rings is 4. The summed E-state index contributed by atoms with van der Waals surface area (Å²) in [6, 6.07) is 41.5. The second kappa shape index (κ2) is 36.5. The van der Waals surface area contributed by atoms with Crippen LogP contribution >= 0.6 is 7.92 Å². The van der Waals surface area contributed by atoms with E-state index in [0.29, 0.717) is 0 Å². The molecule has 0 heterocycles. The Morgan fingerprint density at radius 2 is 0.707 bits per heavy atom. The van der Waals surface area contributed by atoms with Gasteiger partial charge in [0, 0.05) is 33.6 Å². The maximum atomic E-state index is 9.09. The smallest absolute Gasteiger partial charge is 0 e. The van der Waals surface area contributed by atoms with Crippen molar-refractivity contribution >= 4 is 23.8 Å². The Kier molecular flexibility index (Phi) is 42.2. The molecule has 0 spiro atoms. The number of hydrogen-bond acceptors (Lipinski definition) is 1. The molecule has 0 saturated carbocycles. The monoisotopic (exact) mass is 652 g/mol. The van der Waals surface area contributed by atoms with Gasteiger partial charge in [-0.15, -0.1) is 6.42 Å². The van der Waals surface area contributed by atoms with E-state index >= 15 is 0 Å². The van der Waals surface area contributed by atoms with Crippen LogP contribution in [0.1, 0.15) is 11.7 Å². The van der Waals surface area contributed by atoms with Crippen molar-refractivity contribution in [3.63, 3.8) is 0 Å². The van der Waals surface area contributed by atoms with Crippen LogP contribution in [0.25, 0.3) is 0 Å². The normalized spacial score (nSPS) is 8.07. The Hall–Kier alpha value is -3.46. The van der Waals surface area contributed by atoms with Crippen LogP contribution in [-0.4, -0.2) is 5.11 Å². The molecule has 0 bridgehead atoms. The van der Waals surface area contributed by atoms with Gasteiger partial charge in [0.05, 0.1) is 0 Å². The Balaban J connectivity index is -0.000000169. The zero-order valence-electron chi connectivity index (χ0n) is 21.3. The summed E-state index contributed by atoms with van der Waals surface area (Å²) in [6.07, 6.45) is 4.24. The first-order valence-corrected chi connectivity index (χ1v) is 11.8. The van der Waals surface area contributed by atoms with E-state index in [0.717, 1.165) is 5.56 Å². The Labute approximate surface area is 263 Å². The van der Waals surface area contributed by atoms with E-state index < -0.39 is 14.0 Å². The van der Waals surface area contributed by atoms with E-state index in [1.54, 1.807) is 12.1 Å². The van der Waals surface area contributed by atoms with Crippen molar-refractivity contribution in [2.24, 2.45) is 0 Å². The third-order valence-corrected chi connectivity index (χ3v) is 6.76. The quantitative estimate of drug-likeness (QED) is 0.148. The second-order valence-electron chi connectivity index (χ2n) is 6.32. The molecule has 9 heteroatoms. The molecule has 0 amide bonds. The van der Waals surface area contributed by atoms with Gasteiger partial charge in [-0.25, -0.2) is 0 Å². The van der Waals surface area contributed by atoms with Gasteiger partial charge in [0.15, 0.2) is 0 Å². The van der Waals surface area contributed by atoms with Crippen molar-refractivity contribution in [3.8, 4) is 12.3 Å². The summed E-state index contributed by atoms with van der Waals surface area (Å²) < 4.78 is 37.5. The van der Waals surface area contributed by atoms with Gasteiger partial charge in [0.25, 0.3) is 0 Å². The van der Waals surface area contributed by atoms with Crippen molar-refractivity contribution in [1.82, 2.24) is 0 Å². The molecular formula is C32H23Co2O6P. The molecule has 1 unspecified atom stereocenters. The molecule has 0 saturated heterocycles. The minimum atomic E-state index is -0.763. The third-order valence-electron chi connectivity index (χ3n) is 4.32. The molecule has 1 N–H and O–H groups in total. The fourth-order valence-electron chi connectivity index (χ4n) is 2.91.